The fourth-order valence-electron chi connectivity index (χ4n) is 3.21. The molecule has 0 spiro atoms. The summed E-state index contributed by atoms with van der Waals surface area (Å²) in [4.78, 5) is 13.4. The molecule has 0 bridgehead atoms. The molecule has 1 amide bonds. The van der Waals surface area contributed by atoms with Crippen LogP contribution in [0.2, 0.25) is 10.0 Å². The molecule has 1 N–H and O–H groups in total. The number of rotatable bonds is 6. The second-order valence-corrected chi connectivity index (χ2v) is 8.82. The van der Waals surface area contributed by atoms with Gasteiger partial charge in [0.15, 0.2) is 0 Å². The minimum Gasteiger partial charge on any atom is -0.318 e. The third-order valence-corrected chi connectivity index (χ3v) is 6.30. The quantitative estimate of drug-likeness (QED) is 0.395. The summed E-state index contributed by atoms with van der Waals surface area (Å²) in [7, 11) is 0. The van der Waals surface area contributed by atoms with Crippen molar-refractivity contribution in [3.63, 3.8) is 0 Å². The maximum Gasteiger partial charge on any atom is 0.265 e. The highest BCUT2D eigenvalue weighted by Crippen LogP contribution is 2.25. The summed E-state index contributed by atoms with van der Waals surface area (Å²) in [6.45, 7) is 4.60. The maximum atomic E-state index is 13.3. The van der Waals surface area contributed by atoms with E-state index in [2.05, 4.69) is 15.5 Å². The minimum absolute atomic E-state index is 0.208. The molecule has 0 saturated carbocycles. The number of carbonyl (C=O) groups excluding carboxylic acids is 1. The molecule has 3 heterocycles. The predicted octanol–water partition coefficient (Wildman–Crippen LogP) is 5.55. The maximum absolute atomic E-state index is 13.3. The predicted molar refractivity (Wildman–Crippen MR) is 121 cm³/mol. The number of nitrogens with zero attached hydrogens (tertiary/aromatic N) is 4. The van der Waals surface area contributed by atoms with E-state index in [0.717, 1.165) is 16.8 Å². The van der Waals surface area contributed by atoms with Gasteiger partial charge in [-0.25, -0.2) is 4.39 Å². The molecule has 0 aliphatic rings. The van der Waals surface area contributed by atoms with Crippen molar-refractivity contribution in [1.29, 1.82) is 0 Å². The number of halogens is 3. The van der Waals surface area contributed by atoms with E-state index in [0.29, 0.717) is 39.4 Å². The zero-order valence-electron chi connectivity index (χ0n) is 16.7. The van der Waals surface area contributed by atoms with Crippen molar-refractivity contribution in [3.8, 4) is 0 Å². The molecule has 0 aliphatic heterocycles. The Morgan fingerprint density at radius 2 is 2.03 bits per heavy atom. The summed E-state index contributed by atoms with van der Waals surface area (Å²) in [5.41, 5.74) is 3.83. The van der Waals surface area contributed by atoms with Gasteiger partial charge in [0.1, 0.15) is 5.82 Å². The van der Waals surface area contributed by atoms with Crippen molar-refractivity contribution in [1.82, 2.24) is 19.6 Å². The third-order valence-electron chi connectivity index (χ3n) is 4.78. The zero-order chi connectivity index (χ0) is 22.1. The van der Waals surface area contributed by atoms with Gasteiger partial charge in [0, 0.05) is 11.2 Å². The molecule has 3 aromatic heterocycles. The largest absolute Gasteiger partial charge is 0.318 e. The number of thiophene rings is 1. The van der Waals surface area contributed by atoms with Gasteiger partial charge in [-0.2, -0.15) is 10.2 Å². The molecule has 0 fully saturated rings. The molecule has 0 radical (unpaired) electrons. The van der Waals surface area contributed by atoms with E-state index in [1.807, 2.05) is 25.3 Å². The number of aromatic nitrogens is 4. The number of carbonyl (C=O) groups is 1. The van der Waals surface area contributed by atoms with Crippen molar-refractivity contribution in [2.75, 3.05) is 5.32 Å². The van der Waals surface area contributed by atoms with E-state index in [9.17, 15) is 9.18 Å². The third kappa shape index (κ3) is 4.81. The Bertz CT molecular complexity index is 1260. The first-order chi connectivity index (χ1) is 14.8. The molecule has 160 valence electrons. The average molecular weight is 478 g/mol. The Balaban J connectivity index is 1.48. The second kappa shape index (κ2) is 8.82. The van der Waals surface area contributed by atoms with Crippen LogP contribution in [0.5, 0.6) is 0 Å². The van der Waals surface area contributed by atoms with Crippen molar-refractivity contribution in [2.45, 2.75) is 26.9 Å². The van der Waals surface area contributed by atoms with Crippen LogP contribution < -0.4 is 5.32 Å². The van der Waals surface area contributed by atoms with Crippen LogP contribution >= 0.6 is 34.5 Å². The molecule has 10 heteroatoms. The van der Waals surface area contributed by atoms with Gasteiger partial charge in [0.25, 0.3) is 5.91 Å². The fraction of sp³-hybridized carbons (Fsp3) is 0.190. The van der Waals surface area contributed by atoms with Gasteiger partial charge in [-0.1, -0.05) is 29.3 Å². The minimum atomic E-state index is -0.388. The number of benzene rings is 1. The Kier molecular flexibility index (Phi) is 6.13. The number of amides is 1. The standard InChI is InChI=1S/C21H18Cl2FN5OS/c1-12-20(13(2)29(27-12)9-15-3-4-17(24)6-18(15)23)26-21(30)19-5-14(11-31-19)8-28-10-16(22)7-25-28/h3-7,10-11H,8-9H2,1-2H3,(H,26,30). The van der Waals surface area contributed by atoms with Crippen molar-refractivity contribution < 1.29 is 9.18 Å². The topological polar surface area (TPSA) is 64.7 Å². The molecule has 1 aromatic carbocycles. The van der Waals surface area contributed by atoms with Crippen LogP contribution in [0.1, 0.15) is 32.2 Å². The number of anilines is 1. The van der Waals surface area contributed by atoms with E-state index in [-0.39, 0.29) is 11.7 Å². The molecular weight excluding hydrogens is 460 g/mol. The van der Waals surface area contributed by atoms with Gasteiger partial charge < -0.3 is 5.32 Å². The zero-order valence-corrected chi connectivity index (χ0v) is 19.0. The highest BCUT2D eigenvalue weighted by molar-refractivity contribution is 7.12. The summed E-state index contributed by atoms with van der Waals surface area (Å²) >= 11 is 13.4. The van der Waals surface area contributed by atoms with Gasteiger partial charge in [-0.3, -0.25) is 14.2 Å². The Hall–Kier alpha value is -2.68. The lowest BCUT2D eigenvalue weighted by Gasteiger charge is -2.08. The van der Waals surface area contributed by atoms with Crippen LogP contribution in [-0.2, 0) is 13.1 Å². The summed E-state index contributed by atoms with van der Waals surface area (Å²) in [5.74, 6) is -0.596. The molecule has 4 aromatic rings. The van der Waals surface area contributed by atoms with Crippen LogP contribution in [0.25, 0.3) is 0 Å². The molecule has 31 heavy (non-hydrogen) atoms. The lowest BCUT2D eigenvalue weighted by atomic mass is 10.2. The van der Waals surface area contributed by atoms with Gasteiger partial charge in [-0.05, 0) is 48.6 Å². The van der Waals surface area contributed by atoms with Gasteiger partial charge in [-0.15, -0.1) is 11.3 Å². The normalized spacial score (nSPS) is 11.1. The first-order valence-corrected chi connectivity index (χ1v) is 11.0. The fourth-order valence-corrected chi connectivity index (χ4v) is 4.39. The summed E-state index contributed by atoms with van der Waals surface area (Å²) < 4.78 is 16.8. The van der Waals surface area contributed by atoms with Crippen molar-refractivity contribution in [3.05, 3.63) is 85.3 Å². The molecule has 4 rings (SSSR count). The molecular formula is C21H18Cl2FN5OS. The Labute approximate surface area is 192 Å². The first kappa shape index (κ1) is 21.5. The summed E-state index contributed by atoms with van der Waals surface area (Å²) in [6.07, 6.45) is 3.30. The Morgan fingerprint density at radius 3 is 2.74 bits per heavy atom. The highest BCUT2D eigenvalue weighted by atomic mass is 35.5. The number of aryl methyl sites for hydroxylation is 1. The van der Waals surface area contributed by atoms with E-state index < -0.39 is 0 Å². The lowest BCUT2D eigenvalue weighted by Crippen LogP contribution is -2.12. The number of hydrogen-bond donors (Lipinski definition) is 1. The van der Waals surface area contributed by atoms with Crippen molar-refractivity contribution >= 4 is 46.1 Å². The summed E-state index contributed by atoms with van der Waals surface area (Å²) in [5, 5.41) is 14.4. The molecule has 6 nitrogen and oxygen atoms in total. The summed E-state index contributed by atoms with van der Waals surface area (Å²) in [6, 6.07) is 6.10. The molecule has 0 aliphatic carbocycles. The van der Waals surface area contributed by atoms with Crippen LogP contribution in [-0.4, -0.2) is 25.5 Å². The smallest absolute Gasteiger partial charge is 0.265 e. The van der Waals surface area contributed by atoms with Gasteiger partial charge in [0.2, 0.25) is 0 Å². The van der Waals surface area contributed by atoms with Crippen LogP contribution in [0.15, 0.2) is 42.0 Å². The second-order valence-electron chi connectivity index (χ2n) is 7.07. The van der Waals surface area contributed by atoms with Crippen LogP contribution in [0.3, 0.4) is 0 Å². The number of hydrogen-bond acceptors (Lipinski definition) is 4. The molecule has 0 atom stereocenters. The molecule has 0 saturated heterocycles. The van der Waals surface area contributed by atoms with E-state index in [1.54, 1.807) is 27.8 Å². The first-order valence-electron chi connectivity index (χ1n) is 9.35. The lowest BCUT2D eigenvalue weighted by molar-refractivity contribution is 0.103. The molecule has 0 unspecified atom stereocenters. The SMILES string of the molecule is Cc1nn(Cc2ccc(F)cc2Cl)c(C)c1NC(=O)c1cc(Cn2cc(Cl)cn2)cs1. The monoisotopic (exact) mass is 477 g/mol. The van der Waals surface area contributed by atoms with E-state index >= 15 is 0 Å². The van der Waals surface area contributed by atoms with Crippen LogP contribution in [0, 0.1) is 19.7 Å². The van der Waals surface area contributed by atoms with Gasteiger partial charge >= 0.3 is 0 Å². The van der Waals surface area contributed by atoms with Gasteiger partial charge in [0.05, 0.1) is 46.3 Å². The van der Waals surface area contributed by atoms with Crippen LogP contribution in [0.4, 0.5) is 10.1 Å². The Morgan fingerprint density at radius 1 is 1.23 bits per heavy atom. The number of nitrogens with one attached hydrogen (secondary N) is 1. The van der Waals surface area contributed by atoms with E-state index in [1.165, 1.54) is 23.5 Å². The van der Waals surface area contributed by atoms with Crippen molar-refractivity contribution in [2.24, 2.45) is 0 Å². The average Bonchev–Trinajstić information content (AvgIpc) is 3.41. The van der Waals surface area contributed by atoms with E-state index in [4.69, 9.17) is 23.2 Å². The highest BCUT2D eigenvalue weighted by Gasteiger charge is 2.17.